The molecule has 0 saturated carbocycles. The largest absolute Gasteiger partial charge is 0.309 e. The van der Waals surface area contributed by atoms with Crippen molar-refractivity contribution in [3.05, 3.63) is 21.3 Å². The van der Waals surface area contributed by atoms with Crippen molar-refractivity contribution in [2.75, 3.05) is 27.2 Å². The SMILES string of the molecule is CCCNC(CCN(C)C)c1ccc(Cl)s1. The fraction of sp³-hybridized carbons (Fsp3) is 0.667. The van der Waals surface area contributed by atoms with E-state index in [4.69, 9.17) is 11.6 Å². The van der Waals surface area contributed by atoms with Gasteiger partial charge in [-0.05, 0) is 52.2 Å². The predicted octanol–water partition coefficient (Wildman–Crippen LogP) is 3.39. The predicted molar refractivity (Wildman–Crippen MR) is 73.5 cm³/mol. The van der Waals surface area contributed by atoms with E-state index >= 15 is 0 Å². The normalized spacial score (nSPS) is 13.3. The Kier molecular flexibility index (Phi) is 6.36. The lowest BCUT2D eigenvalue weighted by atomic mass is 10.1. The minimum absolute atomic E-state index is 0.444. The molecule has 0 fully saturated rings. The average Bonchev–Trinajstić information content (AvgIpc) is 2.64. The summed E-state index contributed by atoms with van der Waals surface area (Å²) in [5, 5.41) is 3.58. The Balaban J connectivity index is 2.55. The summed E-state index contributed by atoms with van der Waals surface area (Å²) in [5.74, 6) is 0. The van der Waals surface area contributed by atoms with Gasteiger partial charge in [-0.15, -0.1) is 11.3 Å². The molecule has 0 aliphatic rings. The Bertz CT molecular complexity index is 299. The van der Waals surface area contributed by atoms with Crippen molar-refractivity contribution in [3.8, 4) is 0 Å². The number of nitrogens with zero attached hydrogens (tertiary/aromatic N) is 1. The van der Waals surface area contributed by atoms with Crippen molar-refractivity contribution >= 4 is 22.9 Å². The van der Waals surface area contributed by atoms with Crippen LogP contribution >= 0.6 is 22.9 Å². The Labute approximate surface area is 108 Å². The number of thiophene rings is 1. The fourth-order valence-electron chi connectivity index (χ4n) is 1.57. The number of hydrogen-bond donors (Lipinski definition) is 1. The van der Waals surface area contributed by atoms with Gasteiger partial charge in [0.1, 0.15) is 0 Å². The number of nitrogens with one attached hydrogen (secondary N) is 1. The van der Waals surface area contributed by atoms with E-state index in [1.54, 1.807) is 11.3 Å². The molecule has 0 amide bonds. The van der Waals surface area contributed by atoms with Gasteiger partial charge in [0, 0.05) is 10.9 Å². The Hall–Kier alpha value is -0.0900. The highest BCUT2D eigenvalue weighted by molar-refractivity contribution is 7.16. The van der Waals surface area contributed by atoms with E-state index in [1.807, 2.05) is 6.07 Å². The maximum Gasteiger partial charge on any atom is 0.0931 e. The highest BCUT2D eigenvalue weighted by Gasteiger charge is 2.12. The van der Waals surface area contributed by atoms with E-state index < -0.39 is 0 Å². The Morgan fingerprint density at radius 2 is 2.19 bits per heavy atom. The third-order valence-corrected chi connectivity index (χ3v) is 3.79. The molecule has 1 rings (SSSR count). The van der Waals surface area contributed by atoms with Crippen LogP contribution < -0.4 is 5.32 Å². The van der Waals surface area contributed by atoms with Gasteiger partial charge in [0.25, 0.3) is 0 Å². The molecule has 0 aliphatic heterocycles. The van der Waals surface area contributed by atoms with Crippen molar-refractivity contribution in [3.63, 3.8) is 0 Å². The quantitative estimate of drug-likeness (QED) is 0.809. The summed E-state index contributed by atoms with van der Waals surface area (Å²) in [6, 6.07) is 4.56. The highest BCUT2D eigenvalue weighted by Crippen LogP contribution is 2.28. The van der Waals surface area contributed by atoms with Crippen LogP contribution in [0.2, 0.25) is 4.34 Å². The second-order valence-corrected chi connectivity index (χ2v) is 5.99. The first kappa shape index (κ1) is 14.0. The molecule has 16 heavy (non-hydrogen) atoms. The summed E-state index contributed by atoms with van der Waals surface area (Å²) in [4.78, 5) is 3.57. The van der Waals surface area contributed by atoms with Crippen LogP contribution in [0.1, 0.15) is 30.7 Å². The van der Waals surface area contributed by atoms with Gasteiger partial charge in [-0.1, -0.05) is 18.5 Å². The molecule has 1 atom stereocenters. The first-order valence-corrected chi connectivity index (χ1v) is 6.96. The summed E-state index contributed by atoms with van der Waals surface area (Å²) >= 11 is 7.66. The van der Waals surface area contributed by atoms with Gasteiger partial charge in [0.2, 0.25) is 0 Å². The van der Waals surface area contributed by atoms with Gasteiger partial charge in [-0.25, -0.2) is 0 Å². The molecule has 2 nitrogen and oxygen atoms in total. The van der Waals surface area contributed by atoms with Crippen molar-refractivity contribution < 1.29 is 0 Å². The van der Waals surface area contributed by atoms with Crippen molar-refractivity contribution in [2.24, 2.45) is 0 Å². The Morgan fingerprint density at radius 3 is 2.69 bits per heavy atom. The molecule has 0 bridgehead atoms. The van der Waals surface area contributed by atoms with E-state index in [2.05, 4.69) is 37.3 Å². The lowest BCUT2D eigenvalue weighted by Gasteiger charge is -2.19. The molecule has 0 aliphatic carbocycles. The standard InChI is InChI=1S/C12H21ClN2S/c1-4-8-14-10(7-9-15(2)3)11-5-6-12(13)16-11/h5-6,10,14H,4,7-9H2,1-3H3. The molecule has 0 spiro atoms. The summed E-state index contributed by atoms with van der Waals surface area (Å²) in [6.07, 6.45) is 2.29. The van der Waals surface area contributed by atoms with Crippen molar-refractivity contribution in [1.82, 2.24) is 10.2 Å². The smallest absolute Gasteiger partial charge is 0.0931 e. The second-order valence-electron chi connectivity index (χ2n) is 4.24. The van der Waals surface area contributed by atoms with Crippen LogP contribution in [-0.2, 0) is 0 Å². The zero-order valence-electron chi connectivity index (χ0n) is 10.3. The van der Waals surface area contributed by atoms with Crippen LogP contribution in [0, 0.1) is 0 Å². The molecular weight excluding hydrogens is 240 g/mol. The van der Waals surface area contributed by atoms with Gasteiger partial charge >= 0.3 is 0 Å². The maximum atomic E-state index is 5.98. The zero-order chi connectivity index (χ0) is 12.0. The van der Waals surface area contributed by atoms with Crippen LogP contribution in [0.4, 0.5) is 0 Å². The highest BCUT2D eigenvalue weighted by atomic mass is 35.5. The lowest BCUT2D eigenvalue weighted by molar-refractivity contribution is 0.363. The number of rotatable bonds is 7. The minimum atomic E-state index is 0.444. The zero-order valence-corrected chi connectivity index (χ0v) is 11.9. The van der Waals surface area contributed by atoms with Gasteiger partial charge in [-0.3, -0.25) is 0 Å². The second kappa shape index (κ2) is 7.28. The lowest BCUT2D eigenvalue weighted by Crippen LogP contribution is -2.25. The van der Waals surface area contributed by atoms with Crippen LogP contribution in [0.3, 0.4) is 0 Å². The monoisotopic (exact) mass is 260 g/mol. The molecule has 1 aromatic rings. The number of hydrogen-bond acceptors (Lipinski definition) is 3. The average molecular weight is 261 g/mol. The van der Waals surface area contributed by atoms with Crippen LogP contribution in [-0.4, -0.2) is 32.1 Å². The third-order valence-electron chi connectivity index (χ3n) is 2.44. The van der Waals surface area contributed by atoms with Crippen LogP contribution in [0.5, 0.6) is 0 Å². The molecular formula is C12H21ClN2S. The summed E-state index contributed by atoms with van der Waals surface area (Å²) < 4.78 is 0.878. The van der Waals surface area contributed by atoms with E-state index in [-0.39, 0.29) is 0 Å². The summed E-state index contributed by atoms with van der Waals surface area (Å²) in [5.41, 5.74) is 0. The van der Waals surface area contributed by atoms with Crippen LogP contribution in [0.25, 0.3) is 0 Å². The van der Waals surface area contributed by atoms with E-state index in [0.717, 1.165) is 30.3 Å². The van der Waals surface area contributed by atoms with Crippen LogP contribution in [0.15, 0.2) is 12.1 Å². The summed E-state index contributed by atoms with van der Waals surface area (Å²) in [7, 11) is 4.22. The van der Waals surface area contributed by atoms with E-state index in [0.29, 0.717) is 6.04 Å². The minimum Gasteiger partial charge on any atom is -0.309 e. The molecule has 0 saturated heterocycles. The van der Waals surface area contributed by atoms with Gasteiger partial charge < -0.3 is 10.2 Å². The molecule has 4 heteroatoms. The van der Waals surface area contributed by atoms with Gasteiger partial charge in [0.15, 0.2) is 0 Å². The van der Waals surface area contributed by atoms with E-state index in [9.17, 15) is 0 Å². The topological polar surface area (TPSA) is 15.3 Å². The molecule has 0 aromatic carbocycles. The first-order valence-electron chi connectivity index (χ1n) is 5.76. The molecule has 1 aromatic heterocycles. The Morgan fingerprint density at radius 1 is 1.44 bits per heavy atom. The van der Waals surface area contributed by atoms with E-state index in [1.165, 1.54) is 4.88 Å². The number of halogens is 1. The molecule has 1 unspecified atom stereocenters. The maximum absolute atomic E-state index is 5.98. The van der Waals surface area contributed by atoms with Gasteiger partial charge in [0.05, 0.1) is 4.34 Å². The van der Waals surface area contributed by atoms with Crippen molar-refractivity contribution in [1.29, 1.82) is 0 Å². The molecule has 92 valence electrons. The first-order chi connectivity index (χ1) is 7.63. The molecule has 1 heterocycles. The fourth-order valence-corrected chi connectivity index (χ4v) is 2.74. The van der Waals surface area contributed by atoms with Gasteiger partial charge in [-0.2, -0.15) is 0 Å². The van der Waals surface area contributed by atoms with Crippen molar-refractivity contribution in [2.45, 2.75) is 25.8 Å². The molecule has 1 N–H and O–H groups in total. The third kappa shape index (κ3) is 4.83. The molecule has 0 radical (unpaired) electrons. The summed E-state index contributed by atoms with van der Waals surface area (Å²) in [6.45, 7) is 4.35.